The van der Waals surface area contributed by atoms with E-state index in [9.17, 15) is 9.59 Å². The number of carbonyl (C=O) groups is 1. The van der Waals surface area contributed by atoms with Gasteiger partial charge in [0.2, 0.25) is 5.43 Å². The fourth-order valence-corrected chi connectivity index (χ4v) is 2.97. The van der Waals surface area contributed by atoms with Gasteiger partial charge in [0.25, 0.3) is 9.70 Å². The van der Waals surface area contributed by atoms with Gasteiger partial charge in [-0.25, -0.2) is 0 Å². The highest BCUT2D eigenvalue weighted by Crippen LogP contribution is 2.28. The van der Waals surface area contributed by atoms with Crippen molar-refractivity contribution < 1.29 is 4.79 Å². The number of unbranched alkanes of at least 4 members (excludes halogenated alkanes) is 1. The number of benzene rings is 1. The van der Waals surface area contributed by atoms with Crippen LogP contribution in [0.4, 0.5) is 5.69 Å². The minimum absolute atomic E-state index is 0.126. The van der Waals surface area contributed by atoms with Gasteiger partial charge in [-0.3, -0.25) is 9.59 Å². The Labute approximate surface area is 147 Å². The van der Waals surface area contributed by atoms with Crippen molar-refractivity contribution in [2.45, 2.75) is 30.0 Å². The molecule has 0 fully saturated rings. The Bertz CT molecular complexity index is 753. The van der Waals surface area contributed by atoms with Crippen LogP contribution >= 0.6 is 46.1 Å². The van der Waals surface area contributed by atoms with Crippen molar-refractivity contribution in [2.24, 2.45) is 0 Å². The van der Waals surface area contributed by atoms with E-state index < -0.39 is 9.70 Å². The van der Waals surface area contributed by atoms with Crippen LogP contribution in [0.1, 0.15) is 25.3 Å². The molecule has 3 nitrogen and oxygen atoms in total. The van der Waals surface area contributed by atoms with Gasteiger partial charge in [0.05, 0.1) is 5.69 Å². The smallest absolute Gasteiger partial charge is 0.276 e. The zero-order valence-electron chi connectivity index (χ0n) is 11.8. The van der Waals surface area contributed by atoms with Crippen LogP contribution in [-0.4, -0.2) is 9.70 Å². The van der Waals surface area contributed by atoms with E-state index in [1.54, 1.807) is 5.38 Å². The molecule has 0 saturated carbocycles. The van der Waals surface area contributed by atoms with E-state index in [2.05, 4.69) is 12.2 Å². The first-order chi connectivity index (χ1) is 10.3. The van der Waals surface area contributed by atoms with E-state index >= 15 is 0 Å². The molecule has 0 unspecified atom stereocenters. The number of rotatable bonds is 4. The SMILES string of the molecule is CCCCc1ccc2scc(NC(=O)C(Cl)(Cl)Cl)c(=O)c2c1. The Morgan fingerprint density at radius 2 is 2.05 bits per heavy atom. The summed E-state index contributed by atoms with van der Waals surface area (Å²) in [6.45, 7) is 2.12. The third kappa shape index (κ3) is 4.13. The molecule has 0 saturated heterocycles. The molecule has 1 aromatic carbocycles. The summed E-state index contributed by atoms with van der Waals surface area (Å²) in [5.74, 6) is -0.844. The zero-order valence-corrected chi connectivity index (χ0v) is 14.9. The Hall–Kier alpha value is -0.810. The molecule has 0 aliphatic rings. The molecule has 0 aliphatic heterocycles. The minimum atomic E-state index is -2.10. The lowest BCUT2D eigenvalue weighted by atomic mass is 10.1. The van der Waals surface area contributed by atoms with Gasteiger partial charge < -0.3 is 5.32 Å². The number of nitrogens with one attached hydrogen (secondary N) is 1. The van der Waals surface area contributed by atoms with Crippen molar-refractivity contribution in [3.63, 3.8) is 0 Å². The molecule has 0 radical (unpaired) electrons. The molecule has 1 heterocycles. The monoisotopic (exact) mass is 377 g/mol. The first-order valence-electron chi connectivity index (χ1n) is 6.75. The molecule has 7 heteroatoms. The zero-order chi connectivity index (χ0) is 16.3. The van der Waals surface area contributed by atoms with Crippen molar-refractivity contribution in [1.29, 1.82) is 0 Å². The van der Waals surface area contributed by atoms with Crippen LogP contribution in [0.2, 0.25) is 0 Å². The molecule has 118 valence electrons. The molecule has 2 rings (SSSR count). The van der Waals surface area contributed by atoms with Crippen LogP contribution in [0.25, 0.3) is 10.1 Å². The molecule has 0 spiro atoms. The molecular formula is C15H14Cl3NO2S. The van der Waals surface area contributed by atoms with Gasteiger partial charge in [-0.15, -0.1) is 11.3 Å². The second kappa shape index (κ2) is 7.18. The lowest BCUT2D eigenvalue weighted by Gasteiger charge is -2.11. The average Bonchev–Trinajstić information content (AvgIpc) is 2.47. The van der Waals surface area contributed by atoms with Crippen LogP contribution in [-0.2, 0) is 11.2 Å². The van der Waals surface area contributed by atoms with Gasteiger partial charge in [-0.1, -0.05) is 54.2 Å². The second-order valence-corrected chi connectivity index (χ2v) is 8.06. The van der Waals surface area contributed by atoms with Gasteiger partial charge in [0, 0.05) is 15.5 Å². The number of aryl methyl sites for hydroxylation is 1. The van der Waals surface area contributed by atoms with Crippen molar-refractivity contribution in [1.82, 2.24) is 0 Å². The topological polar surface area (TPSA) is 46.2 Å². The molecule has 1 amide bonds. The summed E-state index contributed by atoms with van der Waals surface area (Å²) in [5, 5.41) is 4.50. The molecule has 22 heavy (non-hydrogen) atoms. The third-order valence-corrected chi connectivity index (χ3v) is 4.64. The van der Waals surface area contributed by atoms with Gasteiger partial charge in [-0.2, -0.15) is 0 Å². The number of alkyl halides is 3. The van der Waals surface area contributed by atoms with Crippen LogP contribution < -0.4 is 10.7 Å². The summed E-state index contributed by atoms with van der Waals surface area (Å²) in [6, 6.07) is 5.81. The lowest BCUT2D eigenvalue weighted by Crippen LogP contribution is -2.29. The Morgan fingerprint density at radius 1 is 1.32 bits per heavy atom. The first kappa shape index (κ1) is 17.5. The maximum atomic E-state index is 12.5. The summed E-state index contributed by atoms with van der Waals surface area (Å²) in [5.41, 5.74) is 0.958. The summed E-state index contributed by atoms with van der Waals surface area (Å²) in [7, 11) is 0. The first-order valence-corrected chi connectivity index (χ1v) is 8.77. The Morgan fingerprint density at radius 3 is 2.68 bits per heavy atom. The standard InChI is InChI=1S/C15H14Cl3NO2S/c1-2-3-4-9-5-6-12-10(7-9)13(20)11(8-22-12)19-14(21)15(16,17)18/h5-8H,2-4H2,1H3,(H,19,21). The molecule has 0 bridgehead atoms. The number of amides is 1. The average molecular weight is 379 g/mol. The van der Waals surface area contributed by atoms with Crippen molar-refractivity contribution >= 4 is 67.8 Å². The van der Waals surface area contributed by atoms with Crippen LogP contribution in [0.5, 0.6) is 0 Å². The molecule has 2 aromatic rings. The van der Waals surface area contributed by atoms with Crippen LogP contribution in [0.3, 0.4) is 0 Å². The van der Waals surface area contributed by atoms with Gasteiger partial charge in [-0.05, 0) is 30.5 Å². The second-order valence-electron chi connectivity index (χ2n) is 4.86. The number of anilines is 1. The molecule has 1 aromatic heterocycles. The van der Waals surface area contributed by atoms with Gasteiger partial charge in [0.1, 0.15) is 0 Å². The number of carbonyl (C=O) groups excluding carboxylic acids is 1. The van der Waals surface area contributed by atoms with Crippen LogP contribution in [0, 0.1) is 0 Å². The van der Waals surface area contributed by atoms with E-state index in [4.69, 9.17) is 34.8 Å². The molecule has 0 aliphatic carbocycles. The number of hydrogen-bond donors (Lipinski definition) is 1. The van der Waals surface area contributed by atoms with E-state index in [0.717, 1.165) is 29.5 Å². The van der Waals surface area contributed by atoms with E-state index in [-0.39, 0.29) is 11.1 Å². The molecule has 0 atom stereocenters. The highest BCUT2D eigenvalue weighted by molar-refractivity contribution is 7.16. The van der Waals surface area contributed by atoms with Gasteiger partial charge >= 0.3 is 0 Å². The van der Waals surface area contributed by atoms with Crippen molar-refractivity contribution in [3.05, 3.63) is 39.4 Å². The van der Waals surface area contributed by atoms with E-state index in [0.29, 0.717) is 5.39 Å². The summed E-state index contributed by atoms with van der Waals surface area (Å²) in [4.78, 5) is 24.2. The van der Waals surface area contributed by atoms with E-state index in [1.165, 1.54) is 11.3 Å². The van der Waals surface area contributed by atoms with Crippen molar-refractivity contribution in [2.75, 3.05) is 5.32 Å². The summed E-state index contributed by atoms with van der Waals surface area (Å²) in [6.07, 6.45) is 3.07. The predicted molar refractivity (Wildman–Crippen MR) is 95.6 cm³/mol. The predicted octanol–water partition coefficient (Wildman–Crippen LogP) is 4.91. The fourth-order valence-electron chi connectivity index (χ4n) is 1.99. The Kier molecular flexibility index (Phi) is 5.72. The molecular weight excluding hydrogens is 365 g/mol. The quantitative estimate of drug-likeness (QED) is 0.768. The largest absolute Gasteiger partial charge is 0.318 e. The van der Waals surface area contributed by atoms with Crippen molar-refractivity contribution in [3.8, 4) is 0 Å². The highest BCUT2D eigenvalue weighted by Gasteiger charge is 2.31. The normalized spacial score (nSPS) is 11.6. The maximum Gasteiger partial charge on any atom is 0.276 e. The molecule has 1 N–H and O–H groups in total. The number of halogens is 3. The summed E-state index contributed by atoms with van der Waals surface area (Å²) < 4.78 is -1.24. The fraction of sp³-hybridized carbons (Fsp3) is 0.333. The summed E-state index contributed by atoms with van der Waals surface area (Å²) >= 11 is 17.9. The Balaban J connectivity index is 2.39. The maximum absolute atomic E-state index is 12.5. The lowest BCUT2D eigenvalue weighted by molar-refractivity contribution is -0.115. The minimum Gasteiger partial charge on any atom is -0.318 e. The number of hydrogen-bond acceptors (Lipinski definition) is 3. The highest BCUT2D eigenvalue weighted by atomic mass is 35.6. The van der Waals surface area contributed by atoms with Gasteiger partial charge in [0.15, 0.2) is 0 Å². The van der Waals surface area contributed by atoms with Crippen LogP contribution in [0.15, 0.2) is 28.4 Å². The van der Waals surface area contributed by atoms with E-state index in [1.807, 2.05) is 18.2 Å². The number of fused-ring (bicyclic) bond motifs is 1. The third-order valence-electron chi connectivity index (χ3n) is 3.16.